The standard InChI is InChI=1S/C42H28N2O/c1-42(2)33-15-7-3-11-27(33)31-23-32-28-12-5-9-17-36(28)44(37(32)24-34(31)42)26-21-19-25(20-22-26)39-29-13-4-8-16-35(29)43-40-30-14-6-10-18-38(30)45-41(39)40/h3-24H,1-2H3. The van der Waals surface area contributed by atoms with Crippen LogP contribution in [0.4, 0.5) is 0 Å². The quantitative estimate of drug-likeness (QED) is 0.205. The van der Waals surface area contributed by atoms with Gasteiger partial charge in [0, 0.05) is 38.2 Å². The molecule has 0 fully saturated rings. The van der Waals surface area contributed by atoms with Crippen LogP contribution < -0.4 is 0 Å². The first-order chi connectivity index (χ1) is 22.1. The summed E-state index contributed by atoms with van der Waals surface area (Å²) in [5.74, 6) is 0. The summed E-state index contributed by atoms with van der Waals surface area (Å²) in [4.78, 5) is 5.04. The van der Waals surface area contributed by atoms with Gasteiger partial charge in [-0.3, -0.25) is 0 Å². The van der Waals surface area contributed by atoms with Gasteiger partial charge in [-0.2, -0.15) is 0 Å². The molecule has 0 aliphatic heterocycles. The molecule has 45 heavy (non-hydrogen) atoms. The van der Waals surface area contributed by atoms with E-state index in [-0.39, 0.29) is 5.41 Å². The van der Waals surface area contributed by atoms with Crippen LogP contribution >= 0.6 is 0 Å². The summed E-state index contributed by atoms with van der Waals surface area (Å²) in [6.07, 6.45) is 0. The largest absolute Gasteiger partial charge is 0.454 e. The van der Waals surface area contributed by atoms with Crippen LogP contribution in [0.1, 0.15) is 25.0 Å². The molecule has 0 atom stereocenters. The Balaban J connectivity index is 1.21. The minimum atomic E-state index is -0.0639. The van der Waals surface area contributed by atoms with Crippen LogP contribution in [-0.4, -0.2) is 9.55 Å². The Morgan fingerprint density at radius 3 is 2.16 bits per heavy atom. The maximum atomic E-state index is 6.48. The van der Waals surface area contributed by atoms with E-state index in [9.17, 15) is 0 Å². The molecule has 3 nitrogen and oxygen atoms in total. The first-order valence-electron chi connectivity index (χ1n) is 15.6. The number of pyridine rings is 1. The van der Waals surface area contributed by atoms with E-state index in [0.29, 0.717) is 0 Å². The summed E-state index contributed by atoms with van der Waals surface area (Å²) < 4.78 is 8.91. The molecule has 0 unspecified atom stereocenters. The second kappa shape index (κ2) is 8.71. The number of benzene rings is 6. The van der Waals surface area contributed by atoms with E-state index < -0.39 is 0 Å². The lowest BCUT2D eigenvalue weighted by molar-refractivity contribution is 0.661. The Kier molecular flexibility index (Phi) is 4.79. The van der Waals surface area contributed by atoms with Crippen LogP contribution in [-0.2, 0) is 5.41 Å². The molecule has 0 saturated heterocycles. The zero-order valence-corrected chi connectivity index (χ0v) is 25.0. The lowest BCUT2D eigenvalue weighted by atomic mass is 9.82. The molecule has 3 heteroatoms. The molecule has 0 radical (unpaired) electrons. The van der Waals surface area contributed by atoms with Crippen LogP contribution in [0.15, 0.2) is 138 Å². The zero-order valence-electron chi connectivity index (χ0n) is 25.0. The van der Waals surface area contributed by atoms with Gasteiger partial charge in [0.1, 0.15) is 11.1 Å². The lowest BCUT2D eigenvalue weighted by Crippen LogP contribution is -2.14. The van der Waals surface area contributed by atoms with Crippen molar-refractivity contribution in [1.29, 1.82) is 0 Å². The Bertz CT molecular complexity index is 2670. The second-order valence-electron chi connectivity index (χ2n) is 12.8. The maximum Gasteiger partial charge on any atom is 0.162 e. The fourth-order valence-electron chi connectivity index (χ4n) is 7.84. The van der Waals surface area contributed by atoms with Gasteiger partial charge < -0.3 is 8.98 Å². The summed E-state index contributed by atoms with van der Waals surface area (Å²) in [7, 11) is 0. The predicted molar refractivity (Wildman–Crippen MR) is 186 cm³/mol. The molecule has 0 spiro atoms. The number of para-hydroxylation sites is 3. The summed E-state index contributed by atoms with van der Waals surface area (Å²) in [6.45, 7) is 4.70. The number of hydrogen-bond donors (Lipinski definition) is 0. The minimum absolute atomic E-state index is 0.0639. The number of furan rings is 1. The van der Waals surface area contributed by atoms with Gasteiger partial charge in [-0.15, -0.1) is 0 Å². The molecule has 3 heterocycles. The zero-order chi connectivity index (χ0) is 29.9. The minimum Gasteiger partial charge on any atom is -0.454 e. The lowest BCUT2D eigenvalue weighted by Gasteiger charge is -2.21. The van der Waals surface area contributed by atoms with Crippen LogP contribution in [0.3, 0.4) is 0 Å². The monoisotopic (exact) mass is 576 g/mol. The van der Waals surface area contributed by atoms with Gasteiger partial charge in [0.15, 0.2) is 5.58 Å². The average molecular weight is 577 g/mol. The number of fused-ring (bicyclic) bond motifs is 10. The van der Waals surface area contributed by atoms with Crippen molar-refractivity contribution in [1.82, 2.24) is 9.55 Å². The van der Waals surface area contributed by atoms with Crippen molar-refractivity contribution in [3.8, 4) is 27.9 Å². The summed E-state index contributed by atoms with van der Waals surface area (Å²) in [5, 5.41) is 4.68. The second-order valence-corrected chi connectivity index (χ2v) is 12.8. The highest BCUT2D eigenvalue weighted by molar-refractivity contribution is 6.15. The highest BCUT2D eigenvalue weighted by atomic mass is 16.3. The van der Waals surface area contributed by atoms with Crippen LogP contribution in [0.25, 0.3) is 82.7 Å². The Morgan fingerprint density at radius 1 is 0.578 bits per heavy atom. The van der Waals surface area contributed by atoms with E-state index in [1.807, 2.05) is 18.2 Å². The molecular formula is C42H28N2O. The molecule has 10 rings (SSSR count). The SMILES string of the molecule is CC1(C)c2ccccc2-c2cc3c4ccccc4n(-c4ccc(-c5c6ccccc6nc6c5oc5ccccc56)cc4)c3cc21. The van der Waals surface area contributed by atoms with E-state index >= 15 is 0 Å². The van der Waals surface area contributed by atoms with E-state index in [0.717, 1.165) is 49.8 Å². The van der Waals surface area contributed by atoms with Crippen LogP contribution in [0, 0.1) is 0 Å². The number of nitrogens with zero attached hydrogens (tertiary/aromatic N) is 2. The van der Waals surface area contributed by atoms with Crippen molar-refractivity contribution in [3.63, 3.8) is 0 Å². The highest BCUT2D eigenvalue weighted by Crippen LogP contribution is 2.51. The van der Waals surface area contributed by atoms with Crippen molar-refractivity contribution in [3.05, 3.63) is 145 Å². The van der Waals surface area contributed by atoms with Gasteiger partial charge in [0.25, 0.3) is 0 Å². The number of rotatable bonds is 2. The van der Waals surface area contributed by atoms with E-state index in [1.54, 1.807) is 0 Å². The molecular weight excluding hydrogens is 548 g/mol. The van der Waals surface area contributed by atoms with Gasteiger partial charge in [-0.05, 0) is 76.3 Å². The van der Waals surface area contributed by atoms with Gasteiger partial charge in [0.2, 0.25) is 0 Å². The smallest absolute Gasteiger partial charge is 0.162 e. The third-order valence-corrected chi connectivity index (χ3v) is 9.99. The Morgan fingerprint density at radius 2 is 1.29 bits per heavy atom. The topological polar surface area (TPSA) is 31.0 Å². The van der Waals surface area contributed by atoms with E-state index in [4.69, 9.17) is 9.40 Å². The first kappa shape index (κ1) is 24.7. The fraction of sp³-hybridized carbons (Fsp3) is 0.0714. The fourth-order valence-corrected chi connectivity index (χ4v) is 7.84. The summed E-state index contributed by atoms with van der Waals surface area (Å²) in [6, 6.07) is 48.0. The van der Waals surface area contributed by atoms with Crippen molar-refractivity contribution in [2.45, 2.75) is 19.3 Å². The van der Waals surface area contributed by atoms with Crippen LogP contribution in [0.5, 0.6) is 0 Å². The molecule has 0 N–H and O–H groups in total. The van der Waals surface area contributed by atoms with Crippen molar-refractivity contribution in [2.75, 3.05) is 0 Å². The Labute approximate surface area is 260 Å². The third kappa shape index (κ3) is 3.27. The van der Waals surface area contributed by atoms with E-state index in [2.05, 4.69) is 134 Å². The molecule has 1 aliphatic rings. The first-order valence-corrected chi connectivity index (χ1v) is 15.6. The van der Waals surface area contributed by atoms with Gasteiger partial charge in [0.05, 0.1) is 16.6 Å². The number of hydrogen-bond acceptors (Lipinski definition) is 2. The molecule has 0 bridgehead atoms. The van der Waals surface area contributed by atoms with E-state index in [1.165, 1.54) is 44.1 Å². The normalized spacial score (nSPS) is 13.7. The van der Waals surface area contributed by atoms with Crippen LogP contribution in [0.2, 0.25) is 0 Å². The molecule has 0 saturated carbocycles. The molecule has 1 aliphatic carbocycles. The van der Waals surface area contributed by atoms with Crippen molar-refractivity contribution < 1.29 is 4.42 Å². The maximum absolute atomic E-state index is 6.48. The summed E-state index contributed by atoms with van der Waals surface area (Å²) in [5.41, 5.74) is 14.7. The predicted octanol–water partition coefficient (Wildman–Crippen LogP) is 11.2. The molecule has 3 aromatic heterocycles. The molecule has 9 aromatic rings. The molecule has 212 valence electrons. The molecule has 0 amide bonds. The van der Waals surface area contributed by atoms with Crippen molar-refractivity contribution in [2.24, 2.45) is 0 Å². The summed E-state index contributed by atoms with van der Waals surface area (Å²) >= 11 is 0. The average Bonchev–Trinajstić information content (AvgIpc) is 3.69. The Hall–Kier alpha value is -5.67. The van der Waals surface area contributed by atoms with Gasteiger partial charge in [-0.25, -0.2) is 4.98 Å². The number of aromatic nitrogens is 2. The van der Waals surface area contributed by atoms with Gasteiger partial charge >= 0.3 is 0 Å². The van der Waals surface area contributed by atoms with Gasteiger partial charge in [-0.1, -0.05) is 98.8 Å². The highest BCUT2D eigenvalue weighted by Gasteiger charge is 2.36. The molecule has 6 aromatic carbocycles. The third-order valence-electron chi connectivity index (χ3n) is 9.99. The van der Waals surface area contributed by atoms with Crippen molar-refractivity contribution >= 4 is 54.8 Å².